The van der Waals surface area contributed by atoms with Gasteiger partial charge in [-0.2, -0.15) is 0 Å². The standard InChI is InChI=1S/3C8H12.3C7H6O2.3Ti/c3*1-6-4-7(2)8(3)5-6;3*8-7(9)6-4-2-1-3-5-6;;;/h3*4H,5H2,1-3H3;3*1-5H,(H,8,9);;;/p-3. The van der Waals surface area contributed by atoms with Crippen molar-refractivity contribution in [3.63, 3.8) is 0 Å². The summed E-state index contributed by atoms with van der Waals surface area (Å²) in [6, 6.07) is 24.2. The first-order valence-corrected chi connectivity index (χ1v) is 16.8. The predicted octanol–water partition coefficient (Wildman–Crippen LogP) is 8.16. The molecule has 0 saturated carbocycles. The van der Waals surface area contributed by atoms with Gasteiger partial charge in [0.2, 0.25) is 0 Å². The van der Waals surface area contributed by atoms with E-state index in [2.05, 4.69) is 80.5 Å². The van der Waals surface area contributed by atoms with Gasteiger partial charge in [-0.3, -0.25) is 0 Å². The first kappa shape index (κ1) is 55.0. The minimum Gasteiger partial charge on any atom is -0.545 e. The Labute approximate surface area is 367 Å². The molecule has 0 bridgehead atoms. The van der Waals surface area contributed by atoms with Gasteiger partial charge < -0.3 is 29.7 Å². The molecule has 0 amide bonds. The molecule has 3 aliphatic rings. The summed E-state index contributed by atoms with van der Waals surface area (Å²) in [5.74, 6) is -3.39. The molecule has 9 heteroatoms. The second kappa shape index (κ2) is 29.9. The third-order valence-corrected chi connectivity index (χ3v) is 8.07. The van der Waals surface area contributed by atoms with E-state index in [0.29, 0.717) is 0 Å². The van der Waals surface area contributed by atoms with Crippen LogP contribution in [-0.4, -0.2) is 17.9 Å². The van der Waals surface area contributed by atoms with E-state index in [-0.39, 0.29) is 81.8 Å². The number of benzene rings is 3. The number of carbonyl (C=O) groups excluding carboxylic acids is 3. The molecule has 0 aliphatic heterocycles. The number of carboxylic acid groups (broad SMARTS) is 3. The third-order valence-electron chi connectivity index (χ3n) is 8.07. The summed E-state index contributed by atoms with van der Waals surface area (Å²) < 4.78 is 0. The average Bonchev–Trinajstić information content (AvgIpc) is 3.69. The number of carbonyl (C=O) groups is 3. The largest absolute Gasteiger partial charge is 0.545 e. The monoisotopic (exact) mass is 831 g/mol. The molecular formula is C45H51O6Ti3-3. The van der Waals surface area contributed by atoms with Crippen molar-refractivity contribution in [2.24, 2.45) is 0 Å². The third kappa shape index (κ3) is 23.4. The fourth-order valence-electron chi connectivity index (χ4n) is 5.03. The summed E-state index contributed by atoms with van der Waals surface area (Å²) in [7, 11) is 0. The van der Waals surface area contributed by atoms with Gasteiger partial charge in [0.15, 0.2) is 0 Å². The molecule has 3 aliphatic carbocycles. The molecule has 0 heterocycles. The zero-order valence-corrected chi connectivity index (χ0v) is 37.6. The molecule has 0 atom stereocenters. The maximum absolute atomic E-state index is 10.1. The van der Waals surface area contributed by atoms with Gasteiger partial charge in [0.1, 0.15) is 0 Å². The Bertz CT molecular complexity index is 1590. The topological polar surface area (TPSA) is 120 Å². The summed E-state index contributed by atoms with van der Waals surface area (Å²) >= 11 is 0. The Balaban J connectivity index is -0.000000572. The van der Waals surface area contributed by atoms with Gasteiger partial charge in [-0.05, 0) is 98.3 Å². The van der Waals surface area contributed by atoms with Crippen molar-refractivity contribution in [2.45, 2.75) is 81.6 Å². The van der Waals surface area contributed by atoms with Crippen LogP contribution in [0.25, 0.3) is 0 Å². The fourth-order valence-corrected chi connectivity index (χ4v) is 5.03. The molecule has 54 heavy (non-hydrogen) atoms. The number of hydrogen-bond donors (Lipinski definition) is 0. The number of carboxylic acids is 3. The summed E-state index contributed by atoms with van der Waals surface area (Å²) in [6.45, 7) is 19.6. The van der Waals surface area contributed by atoms with E-state index in [1.807, 2.05) is 0 Å². The molecule has 0 spiro atoms. The van der Waals surface area contributed by atoms with E-state index in [0.717, 1.165) is 0 Å². The molecular weight excluding hydrogens is 780 g/mol. The molecule has 3 aromatic rings. The minimum atomic E-state index is -1.13. The van der Waals surface area contributed by atoms with E-state index in [9.17, 15) is 29.7 Å². The van der Waals surface area contributed by atoms with Gasteiger partial charge in [-0.1, -0.05) is 159 Å². The van der Waals surface area contributed by atoms with Gasteiger partial charge in [-0.25, -0.2) is 0 Å². The maximum atomic E-state index is 10.1. The SMILES string of the molecule is CC1=CC(C)=C(C)C1.CC1=CC(C)=C(C)C1.CC1=CC(C)=C(C)C1.O=C([O-])c1ccccc1.O=C([O-])c1ccccc1.O=C([O-])c1ccccc1.[Ti].[Ti].[Ti]. The van der Waals surface area contributed by atoms with Crippen molar-refractivity contribution in [3.8, 4) is 0 Å². The van der Waals surface area contributed by atoms with Crippen molar-refractivity contribution in [1.82, 2.24) is 0 Å². The van der Waals surface area contributed by atoms with E-state index >= 15 is 0 Å². The van der Waals surface area contributed by atoms with Gasteiger partial charge in [0.05, 0.1) is 17.9 Å². The Morgan fingerprint density at radius 1 is 0.370 bits per heavy atom. The quantitative estimate of drug-likeness (QED) is 0.246. The van der Waals surface area contributed by atoms with Gasteiger partial charge in [-0.15, -0.1) is 0 Å². The number of rotatable bonds is 3. The second-order valence-corrected chi connectivity index (χ2v) is 12.9. The van der Waals surface area contributed by atoms with E-state index in [4.69, 9.17) is 0 Å². The van der Waals surface area contributed by atoms with Crippen molar-refractivity contribution in [1.29, 1.82) is 0 Å². The molecule has 6 nitrogen and oxygen atoms in total. The molecule has 0 fully saturated rings. The van der Waals surface area contributed by atoms with Gasteiger partial charge in [0.25, 0.3) is 0 Å². The summed E-state index contributed by atoms with van der Waals surface area (Å²) in [4.78, 5) is 30.3. The number of hydrogen-bond acceptors (Lipinski definition) is 6. The minimum absolute atomic E-state index is 0. The van der Waals surface area contributed by atoms with Crippen LogP contribution < -0.4 is 15.3 Å². The summed E-state index contributed by atoms with van der Waals surface area (Å²) in [5, 5.41) is 30.3. The maximum Gasteiger partial charge on any atom is 0.0715 e. The first-order chi connectivity index (χ1) is 24.0. The molecule has 282 valence electrons. The van der Waals surface area contributed by atoms with Crippen LogP contribution in [0, 0.1) is 0 Å². The Morgan fingerprint density at radius 3 is 0.630 bits per heavy atom. The van der Waals surface area contributed by atoms with Crippen LogP contribution in [0.1, 0.15) is 113 Å². The Hall–Kier alpha value is -3.35. The van der Waals surface area contributed by atoms with Crippen molar-refractivity contribution >= 4 is 17.9 Å². The molecule has 3 aromatic carbocycles. The second-order valence-electron chi connectivity index (χ2n) is 12.9. The van der Waals surface area contributed by atoms with Crippen LogP contribution in [0.15, 0.2) is 159 Å². The Kier molecular flexibility index (Phi) is 30.5. The zero-order chi connectivity index (χ0) is 38.5. The fraction of sp³-hybridized carbons (Fsp3) is 0.267. The molecule has 0 N–H and O–H groups in total. The molecule has 0 saturated heterocycles. The van der Waals surface area contributed by atoms with Crippen molar-refractivity contribution in [3.05, 3.63) is 176 Å². The predicted molar refractivity (Wildman–Crippen MR) is 203 cm³/mol. The normalized spacial score (nSPS) is 13.2. The first-order valence-electron chi connectivity index (χ1n) is 16.8. The van der Waals surface area contributed by atoms with Crippen LogP contribution in [0.4, 0.5) is 0 Å². The Morgan fingerprint density at radius 2 is 0.556 bits per heavy atom. The van der Waals surface area contributed by atoms with Crippen molar-refractivity contribution < 1.29 is 94.9 Å². The van der Waals surface area contributed by atoms with E-state index < -0.39 is 17.9 Å². The van der Waals surface area contributed by atoms with Gasteiger partial charge in [0, 0.05) is 65.2 Å². The summed E-state index contributed by atoms with van der Waals surface area (Å²) in [5.41, 5.74) is 14.1. The van der Waals surface area contributed by atoms with E-state index in [1.165, 1.54) is 106 Å². The molecule has 6 rings (SSSR count). The molecule has 0 aromatic heterocycles. The smallest absolute Gasteiger partial charge is 0.0715 e. The zero-order valence-electron chi connectivity index (χ0n) is 33.0. The van der Waals surface area contributed by atoms with Crippen LogP contribution in [0.3, 0.4) is 0 Å². The number of allylic oxidation sites excluding steroid dienone is 12. The average molecular weight is 831 g/mol. The summed E-state index contributed by atoms with van der Waals surface area (Å²) in [6.07, 6.45) is 10.4. The van der Waals surface area contributed by atoms with Gasteiger partial charge >= 0.3 is 0 Å². The van der Waals surface area contributed by atoms with Crippen molar-refractivity contribution in [2.75, 3.05) is 0 Å². The molecule has 0 radical (unpaired) electrons. The van der Waals surface area contributed by atoms with Crippen LogP contribution in [0.2, 0.25) is 0 Å². The van der Waals surface area contributed by atoms with Crippen LogP contribution >= 0.6 is 0 Å². The van der Waals surface area contributed by atoms with E-state index in [1.54, 1.807) is 54.6 Å². The van der Waals surface area contributed by atoms with Crippen LogP contribution in [0.5, 0.6) is 0 Å². The van der Waals surface area contributed by atoms with Crippen LogP contribution in [-0.2, 0) is 65.2 Å². The molecule has 0 unspecified atom stereocenters. The number of aromatic carboxylic acids is 3.